The smallest absolute Gasteiger partial charge is 0.416 e. The van der Waals surface area contributed by atoms with Crippen LogP contribution >= 0.6 is 0 Å². The van der Waals surface area contributed by atoms with E-state index in [-0.39, 0.29) is 23.6 Å². The zero-order valence-corrected chi connectivity index (χ0v) is 17.0. The molecular formula is C19H28F3N3O2S. The van der Waals surface area contributed by atoms with Gasteiger partial charge in [0.1, 0.15) is 12.4 Å². The number of halogens is 3. The van der Waals surface area contributed by atoms with E-state index in [9.17, 15) is 17.4 Å². The highest BCUT2D eigenvalue weighted by molar-refractivity contribution is 7.85. The molecule has 1 fully saturated rings. The third kappa shape index (κ3) is 7.00. The zero-order chi connectivity index (χ0) is 20.6. The molecule has 0 spiro atoms. The molecular weight excluding hydrogens is 391 g/mol. The summed E-state index contributed by atoms with van der Waals surface area (Å²) in [7, 11) is 0.873. The van der Waals surface area contributed by atoms with Crippen LogP contribution in [-0.4, -0.2) is 47.4 Å². The molecule has 9 heteroatoms. The SMILES string of the molecule is CCS(=O)C1CCCC(NC(=NC)NCCOc2cccc(C(F)(F)F)c2)C1. The average molecular weight is 420 g/mol. The Hall–Kier alpha value is -1.77. The van der Waals surface area contributed by atoms with E-state index in [4.69, 9.17) is 4.74 Å². The molecule has 0 bridgehead atoms. The minimum atomic E-state index is -4.39. The van der Waals surface area contributed by atoms with Gasteiger partial charge in [-0.05, 0) is 37.5 Å². The van der Waals surface area contributed by atoms with Crippen molar-refractivity contribution in [3.05, 3.63) is 29.8 Å². The molecule has 3 atom stereocenters. The first-order valence-electron chi connectivity index (χ1n) is 9.48. The van der Waals surface area contributed by atoms with Crippen LogP contribution in [0.4, 0.5) is 13.2 Å². The monoisotopic (exact) mass is 419 g/mol. The predicted molar refractivity (Wildman–Crippen MR) is 106 cm³/mol. The van der Waals surface area contributed by atoms with E-state index < -0.39 is 22.5 Å². The van der Waals surface area contributed by atoms with Gasteiger partial charge in [0.25, 0.3) is 0 Å². The Morgan fingerprint density at radius 2 is 2.14 bits per heavy atom. The highest BCUT2D eigenvalue weighted by Crippen LogP contribution is 2.31. The highest BCUT2D eigenvalue weighted by Gasteiger charge is 2.30. The summed E-state index contributed by atoms with van der Waals surface area (Å²) < 4.78 is 55.6. The van der Waals surface area contributed by atoms with Crippen molar-refractivity contribution in [2.24, 2.45) is 4.99 Å². The molecule has 28 heavy (non-hydrogen) atoms. The lowest BCUT2D eigenvalue weighted by Gasteiger charge is -2.30. The molecule has 1 aliphatic rings. The average Bonchev–Trinajstić information content (AvgIpc) is 2.69. The standard InChI is InChI=1S/C19H28F3N3O2S/c1-3-28(26)17-9-5-7-15(13-17)25-18(23-2)24-10-11-27-16-8-4-6-14(12-16)19(20,21)22/h4,6,8,12,15,17H,3,5,7,9-11,13H2,1-2H3,(H2,23,24,25). The van der Waals surface area contributed by atoms with Gasteiger partial charge in [-0.25, -0.2) is 0 Å². The van der Waals surface area contributed by atoms with Crippen molar-refractivity contribution in [3.63, 3.8) is 0 Å². The van der Waals surface area contributed by atoms with Gasteiger partial charge in [-0.1, -0.05) is 19.4 Å². The number of hydrogen-bond acceptors (Lipinski definition) is 3. The Balaban J connectivity index is 1.76. The van der Waals surface area contributed by atoms with Crippen molar-refractivity contribution >= 4 is 16.8 Å². The summed E-state index contributed by atoms with van der Waals surface area (Å²) >= 11 is 0. The van der Waals surface area contributed by atoms with Gasteiger partial charge >= 0.3 is 6.18 Å². The minimum absolute atomic E-state index is 0.178. The van der Waals surface area contributed by atoms with Crippen molar-refractivity contribution in [3.8, 4) is 5.75 Å². The molecule has 5 nitrogen and oxygen atoms in total. The van der Waals surface area contributed by atoms with E-state index in [0.29, 0.717) is 18.3 Å². The van der Waals surface area contributed by atoms with E-state index in [1.165, 1.54) is 12.1 Å². The lowest BCUT2D eigenvalue weighted by atomic mass is 9.95. The van der Waals surface area contributed by atoms with Crippen LogP contribution in [0.3, 0.4) is 0 Å². The van der Waals surface area contributed by atoms with Crippen LogP contribution in [0, 0.1) is 0 Å². The highest BCUT2D eigenvalue weighted by atomic mass is 32.2. The van der Waals surface area contributed by atoms with E-state index in [2.05, 4.69) is 15.6 Å². The van der Waals surface area contributed by atoms with Gasteiger partial charge in [0, 0.05) is 34.9 Å². The lowest BCUT2D eigenvalue weighted by Crippen LogP contribution is -2.47. The number of alkyl halides is 3. The van der Waals surface area contributed by atoms with Crippen LogP contribution in [0.5, 0.6) is 5.75 Å². The summed E-state index contributed by atoms with van der Waals surface area (Å²) in [5.41, 5.74) is -0.730. The summed E-state index contributed by atoms with van der Waals surface area (Å²) in [6.45, 7) is 2.54. The van der Waals surface area contributed by atoms with Crippen LogP contribution in [0.2, 0.25) is 0 Å². The molecule has 0 aliphatic heterocycles. The molecule has 0 aromatic heterocycles. The fourth-order valence-corrected chi connectivity index (χ4v) is 4.59. The summed E-state index contributed by atoms with van der Waals surface area (Å²) in [6.07, 6.45) is -0.511. The first-order chi connectivity index (χ1) is 13.3. The Labute approximate surface area is 166 Å². The third-order valence-corrected chi connectivity index (χ3v) is 6.41. The summed E-state index contributed by atoms with van der Waals surface area (Å²) in [5.74, 6) is 1.47. The molecule has 158 valence electrons. The Morgan fingerprint density at radius 1 is 1.36 bits per heavy atom. The number of benzene rings is 1. The molecule has 0 amide bonds. The van der Waals surface area contributed by atoms with E-state index in [1.54, 1.807) is 7.05 Å². The molecule has 0 radical (unpaired) electrons. The van der Waals surface area contributed by atoms with Crippen molar-refractivity contribution in [2.75, 3.05) is 26.0 Å². The maximum absolute atomic E-state index is 12.7. The van der Waals surface area contributed by atoms with Gasteiger partial charge in [-0.15, -0.1) is 0 Å². The normalized spacial score (nSPS) is 21.8. The predicted octanol–water partition coefficient (Wildman–Crippen LogP) is 3.33. The fourth-order valence-electron chi connectivity index (χ4n) is 3.24. The lowest BCUT2D eigenvalue weighted by molar-refractivity contribution is -0.137. The topological polar surface area (TPSA) is 62.7 Å². The van der Waals surface area contributed by atoms with Gasteiger partial charge in [0.2, 0.25) is 0 Å². The second-order valence-electron chi connectivity index (χ2n) is 6.67. The van der Waals surface area contributed by atoms with E-state index in [1.807, 2.05) is 6.92 Å². The maximum Gasteiger partial charge on any atom is 0.416 e. The molecule has 0 heterocycles. The first kappa shape index (κ1) is 22.5. The van der Waals surface area contributed by atoms with Gasteiger partial charge in [-0.3, -0.25) is 9.20 Å². The molecule has 2 rings (SSSR count). The molecule has 1 saturated carbocycles. The summed E-state index contributed by atoms with van der Waals surface area (Å²) in [6, 6.07) is 5.04. The molecule has 1 aromatic carbocycles. The van der Waals surface area contributed by atoms with Crippen molar-refractivity contribution in [1.82, 2.24) is 10.6 Å². The van der Waals surface area contributed by atoms with Crippen LogP contribution in [-0.2, 0) is 17.0 Å². The number of nitrogens with one attached hydrogen (secondary N) is 2. The maximum atomic E-state index is 12.7. The van der Waals surface area contributed by atoms with Gasteiger partial charge < -0.3 is 15.4 Å². The van der Waals surface area contributed by atoms with Gasteiger partial charge in [0.15, 0.2) is 5.96 Å². The van der Waals surface area contributed by atoms with Crippen LogP contribution in [0.15, 0.2) is 29.3 Å². The second kappa shape index (κ2) is 10.7. The van der Waals surface area contributed by atoms with Crippen LogP contribution < -0.4 is 15.4 Å². The molecule has 0 saturated heterocycles. The molecule has 3 unspecified atom stereocenters. The van der Waals surface area contributed by atoms with Crippen LogP contribution in [0.25, 0.3) is 0 Å². The van der Waals surface area contributed by atoms with Crippen molar-refractivity contribution < 1.29 is 22.1 Å². The quantitative estimate of drug-likeness (QED) is 0.404. The third-order valence-electron chi connectivity index (χ3n) is 4.67. The zero-order valence-electron chi connectivity index (χ0n) is 16.2. The first-order valence-corrected chi connectivity index (χ1v) is 10.9. The summed E-state index contributed by atoms with van der Waals surface area (Å²) in [5, 5.41) is 6.67. The van der Waals surface area contributed by atoms with Crippen molar-refractivity contribution in [2.45, 2.75) is 50.1 Å². The summed E-state index contributed by atoms with van der Waals surface area (Å²) in [4.78, 5) is 4.18. The number of ether oxygens (including phenoxy) is 1. The molecule has 1 aliphatic carbocycles. The number of nitrogens with zero attached hydrogens (tertiary/aromatic N) is 1. The number of rotatable bonds is 7. The number of hydrogen-bond donors (Lipinski definition) is 2. The van der Waals surface area contributed by atoms with Gasteiger partial charge in [-0.2, -0.15) is 13.2 Å². The Bertz CT molecular complexity index is 683. The van der Waals surface area contributed by atoms with E-state index in [0.717, 1.165) is 37.8 Å². The van der Waals surface area contributed by atoms with E-state index >= 15 is 0 Å². The largest absolute Gasteiger partial charge is 0.492 e. The van der Waals surface area contributed by atoms with Crippen LogP contribution in [0.1, 0.15) is 38.2 Å². The Morgan fingerprint density at radius 3 is 2.82 bits per heavy atom. The number of guanidine groups is 1. The fraction of sp³-hybridized carbons (Fsp3) is 0.632. The van der Waals surface area contributed by atoms with Crippen molar-refractivity contribution in [1.29, 1.82) is 0 Å². The second-order valence-corrected chi connectivity index (χ2v) is 8.68. The molecule has 1 aromatic rings. The van der Waals surface area contributed by atoms with Gasteiger partial charge in [0.05, 0.1) is 12.1 Å². The molecule has 2 N–H and O–H groups in total. The number of aliphatic imine (C=N–C) groups is 1. The minimum Gasteiger partial charge on any atom is -0.492 e. The Kier molecular flexibility index (Phi) is 8.59.